The van der Waals surface area contributed by atoms with Gasteiger partial charge in [-0.3, -0.25) is 4.68 Å². The molecule has 1 atom stereocenters. The first-order valence-electron chi connectivity index (χ1n) is 4.46. The second-order valence-corrected chi connectivity index (χ2v) is 4.99. The number of aromatic nitrogens is 2. The lowest BCUT2D eigenvalue weighted by molar-refractivity contribution is 0.555. The van der Waals surface area contributed by atoms with Gasteiger partial charge in [0.05, 0.1) is 6.20 Å². The highest BCUT2D eigenvalue weighted by molar-refractivity contribution is 7.89. The predicted octanol–water partition coefficient (Wildman–Crippen LogP) is 0.497. The lowest BCUT2D eigenvalue weighted by Gasteiger charge is -2.09. The zero-order chi connectivity index (χ0) is 10.8. The van der Waals surface area contributed by atoms with Crippen molar-refractivity contribution in [3.8, 4) is 0 Å². The van der Waals surface area contributed by atoms with E-state index in [0.29, 0.717) is 0 Å². The molecule has 1 heterocycles. The Morgan fingerprint density at radius 3 is 2.71 bits per heavy atom. The summed E-state index contributed by atoms with van der Waals surface area (Å²) in [6, 6.07) is -0.0554. The SMILES string of the molecule is CC[C@@H](C)NS(=O)(=O)c1cnn(C)c1. The number of nitrogens with zero attached hydrogens (tertiary/aromatic N) is 2. The standard InChI is InChI=1S/C8H15N3O2S/c1-4-7(2)10-14(12,13)8-5-9-11(3)6-8/h5-7,10H,4H2,1-3H3/t7-/m1/s1. The van der Waals surface area contributed by atoms with Crippen molar-refractivity contribution in [2.45, 2.75) is 31.2 Å². The topological polar surface area (TPSA) is 64.0 Å². The smallest absolute Gasteiger partial charge is 0.243 e. The molecule has 0 saturated carbocycles. The Balaban J connectivity index is 2.86. The van der Waals surface area contributed by atoms with Gasteiger partial charge in [0, 0.05) is 19.3 Å². The fraction of sp³-hybridized carbons (Fsp3) is 0.625. The molecule has 14 heavy (non-hydrogen) atoms. The van der Waals surface area contributed by atoms with Crippen LogP contribution in [0.15, 0.2) is 17.3 Å². The van der Waals surface area contributed by atoms with E-state index >= 15 is 0 Å². The van der Waals surface area contributed by atoms with E-state index in [0.717, 1.165) is 6.42 Å². The van der Waals surface area contributed by atoms with Gasteiger partial charge in [0.15, 0.2) is 0 Å². The molecule has 0 aliphatic heterocycles. The van der Waals surface area contributed by atoms with Gasteiger partial charge in [0.1, 0.15) is 4.90 Å². The second-order valence-electron chi connectivity index (χ2n) is 3.28. The van der Waals surface area contributed by atoms with Crippen molar-refractivity contribution in [2.24, 2.45) is 7.05 Å². The van der Waals surface area contributed by atoms with E-state index < -0.39 is 10.0 Å². The summed E-state index contributed by atoms with van der Waals surface area (Å²) in [4.78, 5) is 0.209. The fourth-order valence-electron chi connectivity index (χ4n) is 0.954. The molecule has 0 saturated heterocycles. The van der Waals surface area contributed by atoms with Crippen LogP contribution in [-0.4, -0.2) is 24.2 Å². The first-order chi connectivity index (χ1) is 6.45. The van der Waals surface area contributed by atoms with Crippen LogP contribution in [0, 0.1) is 0 Å². The number of sulfonamides is 1. The Morgan fingerprint density at radius 2 is 2.29 bits per heavy atom. The number of rotatable bonds is 4. The first-order valence-corrected chi connectivity index (χ1v) is 5.95. The van der Waals surface area contributed by atoms with Crippen molar-refractivity contribution in [1.29, 1.82) is 0 Å². The molecule has 0 amide bonds. The maximum Gasteiger partial charge on any atom is 0.243 e. The Kier molecular flexibility index (Phi) is 3.28. The Morgan fingerprint density at radius 1 is 1.64 bits per heavy atom. The van der Waals surface area contributed by atoms with Gasteiger partial charge in [-0.25, -0.2) is 13.1 Å². The molecule has 6 heteroatoms. The van der Waals surface area contributed by atoms with Gasteiger partial charge < -0.3 is 0 Å². The Bertz CT molecular complexity index is 396. The third kappa shape index (κ3) is 2.55. The van der Waals surface area contributed by atoms with Gasteiger partial charge in [-0.05, 0) is 13.3 Å². The number of aryl methyl sites for hydroxylation is 1. The van der Waals surface area contributed by atoms with E-state index in [4.69, 9.17) is 0 Å². The highest BCUT2D eigenvalue weighted by atomic mass is 32.2. The summed E-state index contributed by atoms with van der Waals surface area (Å²) in [6.45, 7) is 3.75. The Labute approximate surface area is 84.2 Å². The molecule has 5 nitrogen and oxygen atoms in total. The summed E-state index contributed by atoms with van der Waals surface area (Å²) in [5, 5.41) is 3.81. The van der Waals surface area contributed by atoms with E-state index in [2.05, 4.69) is 9.82 Å². The first kappa shape index (κ1) is 11.2. The number of hydrogen-bond acceptors (Lipinski definition) is 3. The van der Waals surface area contributed by atoms with Gasteiger partial charge in [0.2, 0.25) is 10.0 Å². The third-order valence-electron chi connectivity index (χ3n) is 1.96. The van der Waals surface area contributed by atoms with Gasteiger partial charge >= 0.3 is 0 Å². The predicted molar refractivity (Wildman–Crippen MR) is 53.3 cm³/mol. The van der Waals surface area contributed by atoms with Crippen molar-refractivity contribution in [2.75, 3.05) is 0 Å². The lowest BCUT2D eigenvalue weighted by atomic mass is 10.3. The van der Waals surface area contributed by atoms with Crippen LogP contribution in [0.25, 0.3) is 0 Å². The molecule has 1 N–H and O–H groups in total. The zero-order valence-corrected chi connectivity index (χ0v) is 9.37. The summed E-state index contributed by atoms with van der Waals surface area (Å²) in [5.41, 5.74) is 0. The maximum atomic E-state index is 11.7. The van der Waals surface area contributed by atoms with Crippen LogP contribution < -0.4 is 4.72 Å². The summed E-state index contributed by atoms with van der Waals surface area (Å²) >= 11 is 0. The quantitative estimate of drug-likeness (QED) is 0.798. The van der Waals surface area contributed by atoms with Crippen LogP contribution in [0.1, 0.15) is 20.3 Å². The van der Waals surface area contributed by atoms with Crippen LogP contribution in [-0.2, 0) is 17.1 Å². The summed E-state index contributed by atoms with van der Waals surface area (Å²) < 4.78 is 27.3. The molecule has 0 bridgehead atoms. The molecule has 0 fully saturated rings. The molecule has 0 unspecified atom stereocenters. The molecule has 0 aliphatic rings. The van der Waals surface area contributed by atoms with E-state index in [-0.39, 0.29) is 10.9 Å². The van der Waals surface area contributed by atoms with Crippen LogP contribution >= 0.6 is 0 Å². The molecule has 1 aromatic rings. The molecule has 0 aromatic carbocycles. The highest BCUT2D eigenvalue weighted by Gasteiger charge is 2.17. The third-order valence-corrected chi connectivity index (χ3v) is 3.50. The van der Waals surface area contributed by atoms with Crippen molar-refractivity contribution < 1.29 is 8.42 Å². The van der Waals surface area contributed by atoms with Gasteiger partial charge in [-0.15, -0.1) is 0 Å². The molecular weight excluding hydrogens is 202 g/mol. The van der Waals surface area contributed by atoms with E-state index in [1.54, 1.807) is 7.05 Å². The number of nitrogens with one attached hydrogen (secondary N) is 1. The van der Waals surface area contributed by atoms with Crippen molar-refractivity contribution in [3.05, 3.63) is 12.4 Å². The molecule has 0 aliphatic carbocycles. The summed E-state index contributed by atoms with van der Waals surface area (Å²) in [5.74, 6) is 0. The fourth-order valence-corrected chi connectivity index (χ4v) is 2.26. The van der Waals surface area contributed by atoms with Crippen LogP contribution in [0.4, 0.5) is 0 Å². The molecule has 0 radical (unpaired) electrons. The maximum absolute atomic E-state index is 11.7. The van der Waals surface area contributed by atoms with Crippen molar-refractivity contribution in [3.63, 3.8) is 0 Å². The molecule has 80 valence electrons. The lowest BCUT2D eigenvalue weighted by Crippen LogP contribution is -2.31. The van der Waals surface area contributed by atoms with Crippen molar-refractivity contribution >= 4 is 10.0 Å². The average molecular weight is 217 g/mol. The normalized spacial score (nSPS) is 14.2. The molecular formula is C8H15N3O2S. The molecule has 0 spiro atoms. The van der Waals surface area contributed by atoms with Crippen molar-refractivity contribution in [1.82, 2.24) is 14.5 Å². The highest BCUT2D eigenvalue weighted by Crippen LogP contribution is 2.07. The Hall–Kier alpha value is -0.880. The van der Waals surface area contributed by atoms with Crippen LogP contribution in [0.5, 0.6) is 0 Å². The molecule has 1 rings (SSSR count). The van der Waals surface area contributed by atoms with E-state index in [1.165, 1.54) is 17.1 Å². The summed E-state index contributed by atoms with van der Waals surface area (Å²) in [6.07, 6.45) is 3.58. The minimum atomic E-state index is -3.38. The second kappa shape index (κ2) is 4.10. The average Bonchev–Trinajstić information content (AvgIpc) is 2.51. The van der Waals surface area contributed by atoms with Crippen LogP contribution in [0.2, 0.25) is 0 Å². The van der Waals surface area contributed by atoms with Gasteiger partial charge in [0.25, 0.3) is 0 Å². The van der Waals surface area contributed by atoms with Gasteiger partial charge in [-0.1, -0.05) is 6.92 Å². The minimum absolute atomic E-state index is 0.0554. The van der Waals surface area contributed by atoms with E-state index in [1.807, 2.05) is 13.8 Å². The van der Waals surface area contributed by atoms with Crippen LogP contribution in [0.3, 0.4) is 0 Å². The number of hydrogen-bond donors (Lipinski definition) is 1. The largest absolute Gasteiger partial charge is 0.274 e. The zero-order valence-electron chi connectivity index (χ0n) is 8.56. The van der Waals surface area contributed by atoms with Gasteiger partial charge in [-0.2, -0.15) is 5.10 Å². The summed E-state index contributed by atoms with van der Waals surface area (Å²) in [7, 11) is -1.70. The monoisotopic (exact) mass is 217 g/mol. The minimum Gasteiger partial charge on any atom is -0.274 e. The molecule has 1 aromatic heterocycles. The van der Waals surface area contributed by atoms with E-state index in [9.17, 15) is 8.42 Å².